The fourth-order valence-electron chi connectivity index (χ4n) is 0.868. The first kappa shape index (κ1) is 9.73. The summed E-state index contributed by atoms with van der Waals surface area (Å²) in [7, 11) is 0. The summed E-state index contributed by atoms with van der Waals surface area (Å²) in [5, 5.41) is 2.68. The summed E-state index contributed by atoms with van der Waals surface area (Å²) in [6, 6.07) is -0.0583. The van der Waals surface area contributed by atoms with Crippen LogP contribution in [0.5, 0.6) is 0 Å². The maximum absolute atomic E-state index is 11.4. The number of rotatable bonds is 3. The third-order valence-electron chi connectivity index (χ3n) is 1.68. The molecule has 0 aromatic carbocycles. The monoisotopic (exact) mass is 183 g/mol. The Morgan fingerprint density at radius 3 is 3.00 bits per heavy atom. The van der Waals surface area contributed by atoms with Gasteiger partial charge in [0.05, 0.1) is 5.69 Å². The number of carbonyl (C=O) groups is 1. The van der Waals surface area contributed by atoms with Gasteiger partial charge >= 0.3 is 0 Å². The number of oxazole rings is 1. The highest BCUT2D eigenvalue weighted by atomic mass is 16.3. The standard InChI is InChI=1S/C8H13N3O2/c1-5(3-9)11-8(12)7-6(2)10-4-13-7/h4-5H,3,9H2,1-2H3,(H,11,12). The first-order valence-electron chi connectivity index (χ1n) is 4.06. The van der Waals surface area contributed by atoms with Crippen molar-refractivity contribution in [3.63, 3.8) is 0 Å². The molecule has 0 saturated heterocycles. The summed E-state index contributed by atoms with van der Waals surface area (Å²) >= 11 is 0. The van der Waals surface area contributed by atoms with Crippen LogP contribution in [0.25, 0.3) is 0 Å². The highest BCUT2D eigenvalue weighted by molar-refractivity contribution is 5.92. The quantitative estimate of drug-likeness (QED) is 0.694. The molecule has 0 saturated carbocycles. The first-order chi connectivity index (χ1) is 6.15. The number of amides is 1. The highest BCUT2D eigenvalue weighted by Crippen LogP contribution is 2.04. The van der Waals surface area contributed by atoms with Crippen LogP contribution < -0.4 is 11.1 Å². The van der Waals surface area contributed by atoms with Gasteiger partial charge in [0.25, 0.3) is 5.91 Å². The molecule has 1 rings (SSSR count). The summed E-state index contributed by atoms with van der Waals surface area (Å²) in [5.41, 5.74) is 5.94. The second kappa shape index (κ2) is 4.04. The number of nitrogens with zero attached hydrogens (tertiary/aromatic N) is 1. The number of hydrogen-bond donors (Lipinski definition) is 2. The van der Waals surface area contributed by atoms with E-state index in [1.165, 1.54) is 6.39 Å². The highest BCUT2D eigenvalue weighted by Gasteiger charge is 2.14. The molecule has 1 heterocycles. The summed E-state index contributed by atoms with van der Waals surface area (Å²) in [5.74, 6) is -0.0201. The normalized spacial score (nSPS) is 12.5. The van der Waals surface area contributed by atoms with Gasteiger partial charge in [0.15, 0.2) is 6.39 Å². The Hall–Kier alpha value is -1.36. The number of nitrogens with two attached hydrogens (primary N) is 1. The zero-order chi connectivity index (χ0) is 9.84. The number of carbonyl (C=O) groups excluding carboxylic acids is 1. The Labute approximate surface area is 76.3 Å². The number of nitrogens with one attached hydrogen (secondary N) is 1. The van der Waals surface area contributed by atoms with Crippen molar-refractivity contribution in [1.29, 1.82) is 0 Å². The van der Waals surface area contributed by atoms with Crippen molar-refractivity contribution in [2.75, 3.05) is 6.54 Å². The summed E-state index contributed by atoms with van der Waals surface area (Å²) in [6.45, 7) is 3.94. The number of aromatic nitrogens is 1. The molecule has 5 heteroatoms. The van der Waals surface area contributed by atoms with Crippen LogP contribution in [-0.2, 0) is 0 Å². The molecule has 0 aliphatic carbocycles. The predicted molar refractivity (Wildman–Crippen MR) is 47.2 cm³/mol. The Kier molecular flexibility index (Phi) is 3.02. The molecule has 0 bridgehead atoms. The maximum atomic E-state index is 11.4. The minimum absolute atomic E-state index is 0.0583. The van der Waals surface area contributed by atoms with Crippen LogP contribution in [0.2, 0.25) is 0 Å². The van der Waals surface area contributed by atoms with E-state index in [0.717, 1.165) is 0 Å². The van der Waals surface area contributed by atoms with Crippen LogP contribution in [0.4, 0.5) is 0 Å². The lowest BCUT2D eigenvalue weighted by Gasteiger charge is -2.09. The average Bonchev–Trinajstić information content (AvgIpc) is 2.51. The van der Waals surface area contributed by atoms with Crippen molar-refractivity contribution in [3.05, 3.63) is 17.8 Å². The minimum Gasteiger partial charge on any atom is -0.438 e. The SMILES string of the molecule is Cc1ncoc1C(=O)NC(C)CN. The van der Waals surface area contributed by atoms with E-state index in [2.05, 4.69) is 10.3 Å². The van der Waals surface area contributed by atoms with E-state index in [1.807, 2.05) is 6.92 Å². The van der Waals surface area contributed by atoms with Crippen molar-refractivity contribution in [1.82, 2.24) is 10.3 Å². The maximum Gasteiger partial charge on any atom is 0.289 e. The molecular weight excluding hydrogens is 170 g/mol. The average molecular weight is 183 g/mol. The molecule has 0 radical (unpaired) electrons. The van der Waals surface area contributed by atoms with Crippen LogP contribution in [0, 0.1) is 6.92 Å². The molecule has 1 unspecified atom stereocenters. The molecule has 72 valence electrons. The third-order valence-corrected chi connectivity index (χ3v) is 1.68. The molecule has 0 aliphatic heterocycles. The van der Waals surface area contributed by atoms with Crippen molar-refractivity contribution in [2.45, 2.75) is 19.9 Å². The summed E-state index contributed by atoms with van der Waals surface area (Å²) < 4.78 is 4.91. The Bertz CT molecular complexity index is 295. The molecule has 0 fully saturated rings. The molecule has 13 heavy (non-hydrogen) atoms. The zero-order valence-corrected chi connectivity index (χ0v) is 7.70. The molecule has 0 aliphatic rings. The molecule has 1 aromatic heterocycles. The van der Waals surface area contributed by atoms with Crippen molar-refractivity contribution >= 4 is 5.91 Å². The zero-order valence-electron chi connectivity index (χ0n) is 7.70. The second-order valence-corrected chi connectivity index (χ2v) is 2.88. The topological polar surface area (TPSA) is 81.2 Å². The van der Waals surface area contributed by atoms with Gasteiger partial charge in [-0.2, -0.15) is 0 Å². The van der Waals surface area contributed by atoms with E-state index in [0.29, 0.717) is 12.2 Å². The molecular formula is C8H13N3O2. The van der Waals surface area contributed by atoms with E-state index >= 15 is 0 Å². The molecule has 5 nitrogen and oxygen atoms in total. The van der Waals surface area contributed by atoms with E-state index in [-0.39, 0.29) is 17.7 Å². The lowest BCUT2D eigenvalue weighted by atomic mass is 10.3. The van der Waals surface area contributed by atoms with Gasteiger partial charge in [-0.3, -0.25) is 4.79 Å². The summed E-state index contributed by atoms with van der Waals surface area (Å²) in [6.07, 6.45) is 1.25. The van der Waals surface area contributed by atoms with Crippen LogP contribution >= 0.6 is 0 Å². The Morgan fingerprint density at radius 2 is 2.54 bits per heavy atom. The molecule has 1 aromatic rings. The van der Waals surface area contributed by atoms with Gasteiger partial charge in [-0.25, -0.2) is 4.98 Å². The van der Waals surface area contributed by atoms with Crippen LogP contribution in [-0.4, -0.2) is 23.5 Å². The van der Waals surface area contributed by atoms with Gasteiger partial charge in [0.1, 0.15) is 0 Å². The molecule has 1 amide bonds. The van der Waals surface area contributed by atoms with Gasteiger partial charge in [0, 0.05) is 12.6 Å². The predicted octanol–water partition coefficient (Wildman–Crippen LogP) is 0.0600. The van der Waals surface area contributed by atoms with E-state index < -0.39 is 0 Å². The van der Waals surface area contributed by atoms with Gasteiger partial charge in [-0.1, -0.05) is 0 Å². The van der Waals surface area contributed by atoms with Crippen molar-refractivity contribution in [3.8, 4) is 0 Å². The second-order valence-electron chi connectivity index (χ2n) is 2.88. The van der Waals surface area contributed by atoms with Gasteiger partial charge < -0.3 is 15.5 Å². The summed E-state index contributed by atoms with van der Waals surface area (Å²) in [4.78, 5) is 15.2. The fourth-order valence-corrected chi connectivity index (χ4v) is 0.868. The van der Waals surface area contributed by atoms with Gasteiger partial charge in [0.2, 0.25) is 5.76 Å². The number of aryl methyl sites for hydroxylation is 1. The molecule has 0 spiro atoms. The molecule has 1 atom stereocenters. The Morgan fingerprint density at radius 1 is 1.85 bits per heavy atom. The minimum atomic E-state index is -0.270. The van der Waals surface area contributed by atoms with E-state index in [4.69, 9.17) is 10.2 Å². The number of hydrogen-bond acceptors (Lipinski definition) is 4. The largest absolute Gasteiger partial charge is 0.438 e. The fraction of sp³-hybridized carbons (Fsp3) is 0.500. The lowest BCUT2D eigenvalue weighted by molar-refractivity contribution is 0.0912. The van der Waals surface area contributed by atoms with Crippen LogP contribution in [0.1, 0.15) is 23.2 Å². The van der Waals surface area contributed by atoms with E-state index in [9.17, 15) is 4.79 Å². The molecule has 3 N–H and O–H groups in total. The third kappa shape index (κ3) is 2.29. The van der Waals surface area contributed by atoms with Crippen LogP contribution in [0.3, 0.4) is 0 Å². The van der Waals surface area contributed by atoms with Gasteiger partial charge in [-0.05, 0) is 13.8 Å². The Balaban J connectivity index is 2.64. The van der Waals surface area contributed by atoms with Crippen molar-refractivity contribution < 1.29 is 9.21 Å². The lowest BCUT2D eigenvalue weighted by Crippen LogP contribution is -2.37. The van der Waals surface area contributed by atoms with Gasteiger partial charge in [-0.15, -0.1) is 0 Å². The smallest absolute Gasteiger partial charge is 0.289 e. The first-order valence-corrected chi connectivity index (χ1v) is 4.06. The van der Waals surface area contributed by atoms with Crippen molar-refractivity contribution in [2.24, 2.45) is 5.73 Å². The van der Waals surface area contributed by atoms with Crippen LogP contribution in [0.15, 0.2) is 10.8 Å². The van der Waals surface area contributed by atoms with E-state index in [1.54, 1.807) is 6.92 Å².